The highest BCUT2D eigenvalue weighted by atomic mass is 79.9. The Morgan fingerprint density at radius 1 is 1.15 bits per heavy atom. The fraction of sp³-hybridized carbons (Fsp3) is 0.409. The van der Waals surface area contributed by atoms with Crippen molar-refractivity contribution in [2.45, 2.75) is 53.0 Å². The second kappa shape index (κ2) is 8.26. The number of aryl methyl sites for hydroxylation is 2. The summed E-state index contributed by atoms with van der Waals surface area (Å²) in [5.74, 6) is 0.540. The molecule has 4 heteroatoms. The summed E-state index contributed by atoms with van der Waals surface area (Å²) in [7, 11) is 0. The molecule has 0 aliphatic rings. The third-order valence-electron chi connectivity index (χ3n) is 4.44. The lowest BCUT2D eigenvalue weighted by molar-refractivity contribution is -0.123. The van der Waals surface area contributed by atoms with E-state index >= 15 is 0 Å². The molecule has 1 amide bonds. The Hall–Kier alpha value is -1.81. The first-order chi connectivity index (χ1) is 12.1. The summed E-state index contributed by atoms with van der Waals surface area (Å²) in [5.41, 5.74) is 4.77. The van der Waals surface area contributed by atoms with Crippen LogP contribution in [0.4, 0.5) is 0 Å². The van der Waals surface area contributed by atoms with Crippen molar-refractivity contribution in [2.75, 3.05) is 6.61 Å². The normalized spacial score (nSPS) is 12.6. The molecule has 2 rings (SSSR count). The van der Waals surface area contributed by atoms with E-state index in [1.165, 1.54) is 16.7 Å². The van der Waals surface area contributed by atoms with E-state index in [4.69, 9.17) is 4.74 Å². The van der Waals surface area contributed by atoms with E-state index in [1.54, 1.807) is 0 Å². The maximum atomic E-state index is 12.3. The monoisotopic (exact) mass is 417 g/mol. The molecule has 2 aromatic rings. The summed E-state index contributed by atoms with van der Waals surface area (Å²) in [5, 5.41) is 3.01. The van der Waals surface area contributed by atoms with Crippen LogP contribution in [0.2, 0.25) is 0 Å². The highest BCUT2D eigenvalue weighted by molar-refractivity contribution is 9.10. The van der Waals surface area contributed by atoms with Crippen molar-refractivity contribution < 1.29 is 9.53 Å². The minimum absolute atomic E-state index is 0.0112. The summed E-state index contributed by atoms with van der Waals surface area (Å²) in [6.45, 7) is 12.6. The molecule has 140 valence electrons. The van der Waals surface area contributed by atoms with Crippen LogP contribution >= 0.6 is 15.9 Å². The van der Waals surface area contributed by atoms with E-state index in [9.17, 15) is 4.79 Å². The van der Waals surface area contributed by atoms with Crippen molar-refractivity contribution in [1.82, 2.24) is 5.32 Å². The third kappa shape index (κ3) is 5.34. The molecule has 0 spiro atoms. The fourth-order valence-corrected chi connectivity index (χ4v) is 3.31. The van der Waals surface area contributed by atoms with Crippen molar-refractivity contribution in [2.24, 2.45) is 0 Å². The molecule has 1 N–H and O–H groups in total. The summed E-state index contributed by atoms with van der Waals surface area (Å²) < 4.78 is 6.56. The number of amides is 1. The molecule has 0 saturated carbocycles. The van der Waals surface area contributed by atoms with Crippen LogP contribution in [-0.2, 0) is 10.2 Å². The van der Waals surface area contributed by atoms with Gasteiger partial charge in [-0.25, -0.2) is 0 Å². The smallest absolute Gasteiger partial charge is 0.258 e. The lowest BCUT2D eigenvalue weighted by Crippen LogP contribution is -2.31. The minimum Gasteiger partial charge on any atom is -0.483 e. The zero-order chi connectivity index (χ0) is 19.5. The number of halogens is 1. The predicted molar refractivity (Wildman–Crippen MR) is 111 cm³/mol. The van der Waals surface area contributed by atoms with Gasteiger partial charge in [0.25, 0.3) is 5.91 Å². The van der Waals surface area contributed by atoms with Crippen molar-refractivity contribution in [3.63, 3.8) is 0 Å². The van der Waals surface area contributed by atoms with Gasteiger partial charge in [-0.15, -0.1) is 0 Å². The van der Waals surface area contributed by atoms with Gasteiger partial charge < -0.3 is 10.1 Å². The molecule has 0 bridgehead atoms. The Kier molecular flexibility index (Phi) is 6.51. The van der Waals surface area contributed by atoms with Crippen LogP contribution < -0.4 is 10.1 Å². The van der Waals surface area contributed by atoms with E-state index < -0.39 is 0 Å². The predicted octanol–water partition coefficient (Wildman–Crippen LogP) is 5.62. The average Bonchev–Trinajstić information content (AvgIpc) is 2.54. The third-order valence-corrected chi connectivity index (χ3v) is 5.06. The molecule has 26 heavy (non-hydrogen) atoms. The molecular formula is C22H28BrNO2. The largest absolute Gasteiger partial charge is 0.483 e. The van der Waals surface area contributed by atoms with Gasteiger partial charge in [-0.1, -0.05) is 50.6 Å². The van der Waals surface area contributed by atoms with Gasteiger partial charge in [0.05, 0.1) is 10.5 Å². The fourth-order valence-electron chi connectivity index (χ4n) is 2.82. The van der Waals surface area contributed by atoms with Crippen molar-refractivity contribution in [3.05, 3.63) is 63.1 Å². The molecule has 3 nitrogen and oxygen atoms in total. The second-order valence-corrected chi connectivity index (χ2v) is 8.69. The second-order valence-electron chi connectivity index (χ2n) is 7.83. The molecule has 0 aromatic heterocycles. The quantitative estimate of drug-likeness (QED) is 0.685. The number of carbonyl (C=O) groups excluding carboxylic acids is 1. The van der Waals surface area contributed by atoms with Crippen LogP contribution in [0.25, 0.3) is 0 Å². The Morgan fingerprint density at radius 2 is 1.85 bits per heavy atom. The number of nitrogens with one attached hydrogen (secondary N) is 1. The molecule has 0 unspecified atom stereocenters. The lowest BCUT2D eigenvalue weighted by Gasteiger charge is -2.20. The Morgan fingerprint density at radius 3 is 2.46 bits per heavy atom. The molecule has 0 aliphatic heterocycles. The first kappa shape index (κ1) is 20.5. The van der Waals surface area contributed by atoms with Crippen LogP contribution in [0.15, 0.2) is 40.9 Å². The van der Waals surface area contributed by atoms with Gasteiger partial charge in [-0.05, 0) is 70.9 Å². The number of hydrogen-bond donors (Lipinski definition) is 1. The molecule has 0 radical (unpaired) electrons. The molecule has 1 atom stereocenters. The van der Waals surface area contributed by atoms with Gasteiger partial charge in [-0.3, -0.25) is 4.79 Å². The Balaban J connectivity index is 1.97. The molecule has 0 aliphatic carbocycles. The van der Waals surface area contributed by atoms with E-state index in [0.717, 1.165) is 10.0 Å². The number of rotatable bonds is 5. The van der Waals surface area contributed by atoms with Gasteiger partial charge in [0.1, 0.15) is 5.75 Å². The Bertz CT molecular complexity index is 793. The van der Waals surface area contributed by atoms with Gasteiger partial charge in [0, 0.05) is 0 Å². The highest BCUT2D eigenvalue weighted by Crippen LogP contribution is 2.31. The summed E-state index contributed by atoms with van der Waals surface area (Å²) in [6.07, 6.45) is 0. The van der Waals surface area contributed by atoms with E-state index in [2.05, 4.69) is 74.1 Å². The maximum absolute atomic E-state index is 12.3. The number of carbonyl (C=O) groups is 1. The highest BCUT2D eigenvalue weighted by Gasteiger charge is 2.16. The van der Waals surface area contributed by atoms with E-state index in [1.807, 2.05) is 25.1 Å². The molecule has 0 heterocycles. The first-order valence-electron chi connectivity index (χ1n) is 8.87. The first-order valence-corrected chi connectivity index (χ1v) is 9.66. The van der Waals surface area contributed by atoms with Gasteiger partial charge in [0.2, 0.25) is 0 Å². The van der Waals surface area contributed by atoms with Crippen LogP contribution in [0, 0.1) is 13.8 Å². The molecule has 0 saturated heterocycles. The van der Waals surface area contributed by atoms with Crippen molar-refractivity contribution in [1.29, 1.82) is 0 Å². The maximum Gasteiger partial charge on any atom is 0.258 e. The van der Waals surface area contributed by atoms with Gasteiger partial charge in [0.15, 0.2) is 6.61 Å². The molecule has 0 fully saturated rings. The SMILES string of the molecule is Cc1ccc(C)c([C@H](C)NC(=O)COc2ccc(C(C)(C)C)cc2Br)c1. The van der Waals surface area contributed by atoms with E-state index in [-0.39, 0.29) is 24.0 Å². The van der Waals surface area contributed by atoms with E-state index in [0.29, 0.717) is 5.75 Å². The van der Waals surface area contributed by atoms with Gasteiger partial charge in [-0.2, -0.15) is 0 Å². The lowest BCUT2D eigenvalue weighted by atomic mass is 9.87. The summed E-state index contributed by atoms with van der Waals surface area (Å²) >= 11 is 3.54. The number of ether oxygens (including phenoxy) is 1. The number of hydrogen-bond acceptors (Lipinski definition) is 2. The van der Waals surface area contributed by atoms with Gasteiger partial charge >= 0.3 is 0 Å². The minimum atomic E-state index is -0.134. The van der Waals surface area contributed by atoms with Crippen LogP contribution in [0.1, 0.15) is 56.0 Å². The standard InChI is InChI=1S/C22H28BrNO2/c1-14-7-8-15(2)18(11-14)16(3)24-21(25)13-26-20-10-9-17(12-19(20)23)22(4,5)6/h7-12,16H,13H2,1-6H3,(H,24,25)/t16-/m0/s1. The average molecular weight is 418 g/mol. The van der Waals surface area contributed by atoms with Crippen LogP contribution in [-0.4, -0.2) is 12.5 Å². The van der Waals surface area contributed by atoms with Crippen molar-refractivity contribution in [3.8, 4) is 5.75 Å². The zero-order valence-electron chi connectivity index (χ0n) is 16.4. The molecular weight excluding hydrogens is 390 g/mol. The van der Waals surface area contributed by atoms with Crippen molar-refractivity contribution >= 4 is 21.8 Å². The molecule has 2 aromatic carbocycles. The van der Waals surface area contributed by atoms with Crippen LogP contribution in [0.3, 0.4) is 0 Å². The Labute approximate surface area is 165 Å². The topological polar surface area (TPSA) is 38.3 Å². The summed E-state index contributed by atoms with van der Waals surface area (Å²) in [6, 6.07) is 12.2. The zero-order valence-corrected chi connectivity index (χ0v) is 18.0. The van der Waals surface area contributed by atoms with Crippen LogP contribution in [0.5, 0.6) is 5.75 Å². The number of benzene rings is 2. The summed E-state index contributed by atoms with van der Waals surface area (Å²) in [4.78, 5) is 12.3.